The van der Waals surface area contributed by atoms with E-state index in [1.165, 1.54) is 0 Å². The summed E-state index contributed by atoms with van der Waals surface area (Å²) >= 11 is 3.74. The lowest BCUT2D eigenvalue weighted by Gasteiger charge is -2.32. The standard InChI is InChI=1S/C12H24O8S/c13-2-11(3-14,4-15)7-19-8-12(5-16,6-17)9-20-10(18)1-21/h13-17,21H,1-9H2. The smallest absolute Gasteiger partial charge is 0.315 e. The van der Waals surface area contributed by atoms with E-state index in [4.69, 9.17) is 24.8 Å². The predicted octanol–water partition coefficient (Wildman–Crippen LogP) is -2.59. The van der Waals surface area contributed by atoms with Crippen LogP contribution in [0.3, 0.4) is 0 Å². The van der Waals surface area contributed by atoms with Crippen molar-refractivity contribution in [2.75, 3.05) is 58.6 Å². The lowest BCUT2D eigenvalue weighted by molar-refractivity contribution is -0.151. The van der Waals surface area contributed by atoms with Crippen molar-refractivity contribution >= 4 is 18.6 Å². The molecule has 0 aromatic rings. The van der Waals surface area contributed by atoms with E-state index in [0.717, 1.165) is 0 Å². The Morgan fingerprint density at radius 1 is 0.810 bits per heavy atom. The quantitative estimate of drug-likeness (QED) is 0.170. The molecule has 126 valence electrons. The fourth-order valence-electron chi connectivity index (χ4n) is 1.32. The second-order valence-electron chi connectivity index (χ2n) is 5.10. The molecule has 21 heavy (non-hydrogen) atoms. The Hall–Kier alpha value is -0.420. The van der Waals surface area contributed by atoms with Gasteiger partial charge in [0.05, 0.1) is 62.8 Å². The molecule has 0 unspecified atom stereocenters. The molecule has 0 aliphatic carbocycles. The summed E-state index contributed by atoms with van der Waals surface area (Å²) in [5.74, 6) is -0.726. The van der Waals surface area contributed by atoms with E-state index in [0.29, 0.717) is 0 Å². The molecule has 0 aromatic carbocycles. The summed E-state index contributed by atoms with van der Waals surface area (Å²) in [6.45, 7) is -3.06. The average molecular weight is 328 g/mol. The molecule has 0 heterocycles. The van der Waals surface area contributed by atoms with Crippen LogP contribution >= 0.6 is 12.6 Å². The summed E-state index contributed by atoms with van der Waals surface area (Å²) in [7, 11) is 0. The molecule has 0 aliphatic heterocycles. The topological polar surface area (TPSA) is 137 Å². The van der Waals surface area contributed by atoms with Gasteiger partial charge in [-0.2, -0.15) is 12.6 Å². The van der Waals surface area contributed by atoms with Crippen molar-refractivity contribution in [3.05, 3.63) is 0 Å². The van der Waals surface area contributed by atoms with Crippen molar-refractivity contribution in [1.82, 2.24) is 0 Å². The van der Waals surface area contributed by atoms with E-state index in [-0.39, 0.29) is 25.6 Å². The number of aliphatic hydroxyl groups is 5. The van der Waals surface area contributed by atoms with E-state index < -0.39 is 49.8 Å². The maximum atomic E-state index is 11.1. The molecule has 0 atom stereocenters. The number of carbonyl (C=O) groups excluding carboxylic acids is 1. The molecule has 0 fully saturated rings. The highest BCUT2D eigenvalue weighted by Crippen LogP contribution is 2.21. The van der Waals surface area contributed by atoms with Gasteiger partial charge in [-0.15, -0.1) is 0 Å². The second kappa shape index (κ2) is 10.3. The minimum absolute atomic E-state index is 0.129. The number of aliphatic hydroxyl groups excluding tert-OH is 5. The molecule has 8 nitrogen and oxygen atoms in total. The summed E-state index contributed by atoms with van der Waals surface area (Å²) in [5.41, 5.74) is -2.41. The molecule has 0 saturated carbocycles. The van der Waals surface area contributed by atoms with Crippen molar-refractivity contribution in [2.24, 2.45) is 10.8 Å². The molecular formula is C12H24O8S. The zero-order chi connectivity index (χ0) is 16.4. The molecule has 0 amide bonds. The summed E-state index contributed by atoms with van der Waals surface area (Å²) in [6.07, 6.45) is 0. The van der Waals surface area contributed by atoms with Crippen LogP contribution in [0.2, 0.25) is 0 Å². The summed E-state index contributed by atoms with van der Waals surface area (Å²) in [4.78, 5) is 11.1. The Morgan fingerprint density at radius 3 is 1.62 bits per heavy atom. The van der Waals surface area contributed by atoms with E-state index in [1.807, 2.05) is 0 Å². The first kappa shape index (κ1) is 20.6. The SMILES string of the molecule is O=C(CS)OCC(CO)(CO)COCC(CO)(CO)CO. The van der Waals surface area contributed by atoms with Crippen LogP contribution in [-0.4, -0.2) is 90.1 Å². The zero-order valence-corrected chi connectivity index (χ0v) is 12.7. The third-order valence-corrected chi connectivity index (χ3v) is 3.42. The monoisotopic (exact) mass is 328 g/mol. The highest BCUT2D eigenvalue weighted by Gasteiger charge is 2.34. The molecule has 0 radical (unpaired) electrons. The van der Waals surface area contributed by atoms with Gasteiger partial charge in [0.1, 0.15) is 6.61 Å². The van der Waals surface area contributed by atoms with Crippen LogP contribution in [0.5, 0.6) is 0 Å². The molecule has 0 aliphatic rings. The van der Waals surface area contributed by atoms with Crippen LogP contribution < -0.4 is 0 Å². The van der Waals surface area contributed by atoms with Crippen molar-refractivity contribution in [1.29, 1.82) is 0 Å². The van der Waals surface area contributed by atoms with Gasteiger partial charge in [-0.3, -0.25) is 4.79 Å². The fraction of sp³-hybridized carbons (Fsp3) is 0.917. The van der Waals surface area contributed by atoms with Gasteiger partial charge in [-0.25, -0.2) is 0 Å². The fourth-order valence-corrected chi connectivity index (χ4v) is 1.42. The van der Waals surface area contributed by atoms with Crippen LogP contribution in [-0.2, 0) is 14.3 Å². The van der Waals surface area contributed by atoms with Crippen LogP contribution in [0, 0.1) is 10.8 Å². The Labute approximate surface area is 128 Å². The summed E-state index contributed by atoms with van der Waals surface area (Å²) < 4.78 is 10.1. The maximum absolute atomic E-state index is 11.1. The third kappa shape index (κ3) is 6.47. The van der Waals surface area contributed by atoms with Gasteiger partial charge >= 0.3 is 5.97 Å². The molecule has 0 aromatic heterocycles. The average Bonchev–Trinajstić information content (AvgIpc) is 2.55. The third-order valence-electron chi connectivity index (χ3n) is 3.16. The first-order valence-corrected chi connectivity index (χ1v) is 6.99. The molecule has 5 N–H and O–H groups in total. The Morgan fingerprint density at radius 2 is 1.24 bits per heavy atom. The molecule has 0 rings (SSSR count). The number of ether oxygens (including phenoxy) is 2. The zero-order valence-electron chi connectivity index (χ0n) is 11.8. The van der Waals surface area contributed by atoms with Crippen LogP contribution in [0.4, 0.5) is 0 Å². The highest BCUT2D eigenvalue weighted by molar-refractivity contribution is 7.81. The van der Waals surface area contributed by atoms with E-state index >= 15 is 0 Å². The van der Waals surface area contributed by atoms with E-state index in [1.54, 1.807) is 0 Å². The van der Waals surface area contributed by atoms with Crippen LogP contribution in [0.25, 0.3) is 0 Å². The van der Waals surface area contributed by atoms with Crippen molar-refractivity contribution in [2.45, 2.75) is 0 Å². The number of hydrogen-bond acceptors (Lipinski definition) is 9. The molecular weight excluding hydrogens is 304 g/mol. The Balaban J connectivity index is 4.53. The molecule has 0 spiro atoms. The largest absolute Gasteiger partial charge is 0.464 e. The minimum atomic E-state index is -1.21. The minimum Gasteiger partial charge on any atom is -0.464 e. The number of thiol groups is 1. The molecule has 9 heteroatoms. The lowest BCUT2D eigenvalue weighted by atomic mass is 9.90. The van der Waals surface area contributed by atoms with Crippen molar-refractivity contribution in [3.63, 3.8) is 0 Å². The number of carbonyl (C=O) groups is 1. The first-order chi connectivity index (χ1) is 9.96. The summed E-state index contributed by atoms with van der Waals surface area (Å²) in [6, 6.07) is 0. The van der Waals surface area contributed by atoms with Gasteiger partial charge < -0.3 is 35.0 Å². The van der Waals surface area contributed by atoms with E-state index in [2.05, 4.69) is 12.6 Å². The second-order valence-corrected chi connectivity index (χ2v) is 5.42. The Bertz CT molecular complexity index is 283. The maximum Gasteiger partial charge on any atom is 0.315 e. The van der Waals surface area contributed by atoms with Crippen molar-refractivity contribution < 1.29 is 39.8 Å². The Kier molecular flexibility index (Phi) is 10.1. The lowest BCUT2D eigenvalue weighted by Crippen LogP contribution is -2.44. The molecule has 0 saturated heterocycles. The number of hydrogen-bond donors (Lipinski definition) is 6. The molecule has 0 bridgehead atoms. The van der Waals surface area contributed by atoms with Crippen LogP contribution in [0.15, 0.2) is 0 Å². The summed E-state index contributed by atoms with van der Waals surface area (Å²) in [5, 5.41) is 46.2. The van der Waals surface area contributed by atoms with Gasteiger partial charge in [0, 0.05) is 0 Å². The predicted molar refractivity (Wildman–Crippen MR) is 75.9 cm³/mol. The number of rotatable bonds is 12. The number of esters is 1. The van der Waals surface area contributed by atoms with Gasteiger partial charge in [-0.1, -0.05) is 0 Å². The van der Waals surface area contributed by atoms with Crippen molar-refractivity contribution in [3.8, 4) is 0 Å². The van der Waals surface area contributed by atoms with Gasteiger partial charge in [0.2, 0.25) is 0 Å². The van der Waals surface area contributed by atoms with Gasteiger partial charge in [0.15, 0.2) is 0 Å². The highest BCUT2D eigenvalue weighted by atomic mass is 32.1. The first-order valence-electron chi connectivity index (χ1n) is 6.35. The van der Waals surface area contributed by atoms with Gasteiger partial charge in [0.25, 0.3) is 0 Å². The normalized spacial score (nSPS) is 12.5. The van der Waals surface area contributed by atoms with Crippen LogP contribution in [0.1, 0.15) is 0 Å². The van der Waals surface area contributed by atoms with Gasteiger partial charge in [-0.05, 0) is 0 Å². The van der Waals surface area contributed by atoms with E-state index in [9.17, 15) is 15.0 Å².